The zero-order valence-electron chi connectivity index (χ0n) is 15.5. The van der Waals surface area contributed by atoms with Crippen LogP contribution >= 0.6 is 0 Å². The van der Waals surface area contributed by atoms with Crippen molar-refractivity contribution >= 4 is 11.7 Å². The number of anilines is 1. The number of rotatable bonds is 8. The van der Waals surface area contributed by atoms with Crippen molar-refractivity contribution < 1.29 is 4.79 Å². The number of amides is 1. The van der Waals surface area contributed by atoms with Crippen molar-refractivity contribution in [1.29, 1.82) is 0 Å². The van der Waals surface area contributed by atoms with Crippen LogP contribution in [0.3, 0.4) is 0 Å². The molecule has 0 radical (unpaired) electrons. The molecular weight excluding hydrogens is 336 g/mol. The van der Waals surface area contributed by atoms with E-state index in [9.17, 15) is 4.79 Å². The summed E-state index contributed by atoms with van der Waals surface area (Å²) in [6.45, 7) is 3.33. The maximum absolute atomic E-state index is 12.3. The van der Waals surface area contributed by atoms with Gasteiger partial charge in [0.25, 0.3) is 5.91 Å². The fourth-order valence-electron chi connectivity index (χ4n) is 2.82. The molecule has 1 aromatic heterocycles. The van der Waals surface area contributed by atoms with E-state index in [1.54, 1.807) is 6.07 Å². The average Bonchev–Trinajstić information content (AvgIpc) is 2.70. The van der Waals surface area contributed by atoms with Crippen LogP contribution in [-0.2, 0) is 13.0 Å². The van der Waals surface area contributed by atoms with Gasteiger partial charge in [-0.1, -0.05) is 60.2 Å². The molecule has 27 heavy (non-hydrogen) atoms. The largest absolute Gasteiger partial charge is 0.366 e. The molecule has 138 valence electrons. The van der Waals surface area contributed by atoms with Crippen molar-refractivity contribution in [2.45, 2.75) is 26.3 Å². The molecule has 0 aliphatic carbocycles. The maximum Gasteiger partial charge on any atom is 0.270 e. The number of aryl methyl sites for hydroxylation is 2. The lowest BCUT2D eigenvalue weighted by molar-refractivity contribution is 0.0948. The molecule has 0 aliphatic heterocycles. The lowest BCUT2D eigenvalue weighted by atomic mass is 10.1. The third-order valence-corrected chi connectivity index (χ3v) is 4.23. The van der Waals surface area contributed by atoms with Gasteiger partial charge in [0.1, 0.15) is 17.8 Å². The van der Waals surface area contributed by atoms with Gasteiger partial charge < -0.3 is 10.6 Å². The lowest BCUT2D eigenvalue weighted by Gasteiger charge is -2.08. The van der Waals surface area contributed by atoms with Crippen molar-refractivity contribution in [2.24, 2.45) is 0 Å². The third kappa shape index (κ3) is 5.92. The topological polar surface area (TPSA) is 66.9 Å². The van der Waals surface area contributed by atoms with Crippen LogP contribution in [0.1, 0.15) is 33.6 Å². The summed E-state index contributed by atoms with van der Waals surface area (Å²) in [5.74, 6) is 0.463. The first kappa shape index (κ1) is 18.6. The molecule has 1 amide bonds. The highest BCUT2D eigenvalue weighted by molar-refractivity contribution is 5.92. The van der Waals surface area contributed by atoms with Crippen LogP contribution < -0.4 is 10.6 Å². The van der Waals surface area contributed by atoms with Gasteiger partial charge in [0.15, 0.2) is 0 Å². The molecular formula is C22H24N4O. The maximum atomic E-state index is 12.3. The lowest BCUT2D eigenvalue weighted by Crippen LogP contribution is -2.26. The van der Waals surface area contributed by atoms with Crippen molar-refractivity contribution in [3.05, 3.63) is 89.4 Å². The fourth-order valence-corrected chi connectivity index (χ4v) is 2.82. The number of hydrogen-bond acceptors (Lipinski definition) is 4. The van der Waals surface area contributed by atoms with Crippen LogP contribution in [0.2, 0.25) is 0 Å². The smallest absolute Gasteiger partial charge is 0.270 e. The van der Waals surface area contributed by atoms with E-state index >= 15 is 0 Å². The molecule has 0 bridgehead atoms. The number of aromatic nitrogens is 2. The van der Waals surface area contributed by atoms with Crippen LogP contribution in [0.15, 0.2) is 67.0 Å². The molecule has 3 aromatic rings. The molecule has 5 nitrogen and oxygen atoms in total. The third-order valence-electron chi connectivity index (χ3n) is 4.23. The number of carbonyl (C=O) groups is 1. The monoisotopic (exact) mass is 360 g/mol. The van der Waals surface area contributed by atoms with Crippen molar-refractivity contribution in [3.8, 4) is 0 Å². The van der Waals surface area contributed by atoms with Gasteiger partial charge in [0, 0.05) is 19.2 Å². The summed E-state index contributed by atoms with van der Waals surface area (Å²) in [4.78, 5) is 20.6. The Morgan fingerprint density at radius 3 is 2.59 bits per heavy atom. The highest BCUT2D eigenvalue weighted by Gasteiger charge is 2.08. The molecule has 0 spiro atoms. The van der Waals surface area contributed by atoms with E-state index in [4.69, 9.17) is 0 Å². The molecule has 0 saturated carbocycles. The van der Waals surface area contributed by atoms with E-state index in [0.717, 1.165) is 12.8 Å². The Bertz CT molecular complexity index is 880. The van der Waals surface area contributed by atoms with Gasteiger partial charge >= 0.3 is 0 Å². The second-order valence-electron chi connectivity index (χ2n) is 6.48. The molecule has 2 N–H and O–H groups in total. The quantitative estimate of drug-likeness (QED) is 0.600. The van der Waals surface area contributed by atoms with Gasteiger partial charge in [0.05, 0.1) is 0 Å². The number of carbonyl (C=O) groups excluding carboxylic acids is 1. The summed E-state index contributed by atoms with van der Waals surface area (Å²) < 4.78 is 0. The number of nitrogens with one attached hydrogen (secondary N) is 2. The predicted octanol–water partition coefficient (Wildman–Crippen LogP) is 3.76. The fraction of sp³-hybridized carbons (Fsp3) is 0.227. The van der Waals surface area contributed by atoms with E-state index in [1.165, 1.54) is 23.0 Å². The molecule has 0 atom stereocenters. The SMILES string of the molecule is Cc1cccc(CNc2cc(C(=O)NCCCc3ccccc3)ncn2)c1. The van der Waals surface area contributed by atoms with Crippen LogP contribution in [0.5, 0.6) is 0 Å². The van der Waals surface area contributed by atoms with Crippen LogP contribution in [0, 0.1) is 6.92 Å². The predicted molar refractivity (Wildman–Crippen MR) is 108 cm³/mol. The highest BCUT2D eigenvalue weighted by Crippen LogP contribution is 2.09. The van der Waals surface area contributed by atoms with Crippen LogP contribution in [0.4, 0.5) is 5.82 Å². The minimum absolute atomic E-state index is 0.177. The van der Waals surface area contributed by atoms with E-state index in [-0.39, 0.29) is 5.91 Å². The Morgan fingerprint density at radius 1 is 0.963 bits per heavy atom. The zero-order valence-corrected chi connectivity index (χ0v) is 15.5. The van der Waals surface area contributed by atoms with Gasteiger partial charge in [-0.05, 0) is 30.9 Å². The minimum Gasteiger partial charge on any atom is -0.366 e. The average molecular weight is 360 g/mol. The normalized spacial score (nSPS) is 10.4. The molecule has 3 rings (SSSR count). The Labute approximate surface area is 159 Å². The van der Waals surface area contributed by atoms with E-state index in [2.05, 4.69) is 57.9 Å². The van der Waals surface area contributed by atoms with Crippen LogP contribution in [0.25, 0.3) is 0 Å². The van der Waals surface area contributed by atoms with Crippen molar-refractivity contribution in [1.82, 2.24) is 15.3 Å². The standard InChI is InChI=1S/C22H24N4O/c1-17-7-5-10-19(13-17)15-24-21-14-20(25-16-26-21)22(27)23-12-6-11-18-8-3-2-4-9-18/h2-5,7-10,13-14,16H,6,11-12,15H2,1H3,(H,23,27)(H,24,25,26). The minimum atomic E-state index is -0.177. The Morgan fingerprint density at radius 2 is 1.78 bits per heavy atom. The van der Waals surface area contributed by atoms with Crippen molar-refractivity contribution in [3.63, 3.8) is 0 Å². The second kappa shape index (κ2) is 9.48. The Hall–Kier alpha value is -3.21. The summed E-state index contributed by atoms with van der Waals surface area (Å²) in [5.41, 5.74) is 4.03. The van der Waals surface area contributed by atoms with E-state index in [1.807, 2.05) is 24.3 Å². The van der Waals surface area contributed by atoms with Crippen LogP contribution in [-0.4, -0.2) is 22.4 Å². The Kier molecular flexibility index (Phi) is 6.52. The van der Waals surface area contributed by atoms with Gasteiger partial charge in [-0.15, -0.1) is 0 Å². The highest BCUT2D eigenvalue weighted by atomic mass is 16.1. The second-order valence-corrected chi connectivity index (χ2v) is 6.48. The molecule has 0 unspecified atom stereocenters. The molecule has 0 saturated heterocycles. The summed E-state index contributed by atoms with van der Waals surface area (Å²) in [6.07, 6.45) is 3.24. The summed E-state index contributed by atoms with van der Waals surface area (Å²) >= 11 is 0. The van der Waals surface area contributed by atoms with Gasteiger partial charge in [-0.3, -0.25) is 4.79 Å². The first-order valence-corrected chi connectivity index (χ1v) is 9.14. The van der Waals surface area contributed by atoms with E-state index in [0.29, 0.717) is 24.6 Å². The molecule has 1 heterocycles. The van der Waals surface area contributed by atoms with Crippen molar-refractivity contribution in [2.75, 3.05) is 11.9 Å². The molecule has 0 aliphatic rings. The summed E-state index contributed by atoms with van der Waals surface area (Å²) in [7, 11) is 0. The first-order valence-electron chi connectivity index (χ1n) is 9.14. The summed E-state index contributed by atoms with van der Waals surface area (Å²) in [6, 6.07) is 20.2. The molecule has 5 heteroatoms. The Balaban J connectivity index is 1.48. The summed E-state index contributed by atoms with van der Waals surface area (Å²) in [5, 5.41) is 6.16. The van der Waals surface area contributed by atoms with Gasteiger partial charge in [-0.2, -0.15) is 0 Å². The number of benzene rings is 2. The number of hydrogen-bond donors (Lipinski definition) is 2. The van der Waals surface area contributed by atoms with Gasteiger partial charge in [0.2, 0.25) is 0 Å². The van der Waals surface area contributed by atoms with E-state index < -0.39 is 0 Å². The number of nitrogens with zero attached hydrogens (tertiary/aromatic N) is 2. The zero-order chi connectivity index (χ0) is 18.9. The van der Waals surface area contributed by atoms with Gasteiger partial charge in [-0.25, -0.2) is 9.97 Å². The first-order chi connectivity index (χ1) is 13.2. The molecule has 0 fully saturated rings. The molecule has 2 aromatic carbocycles.